The average molecular weight is 298 g/mol. The summed E-state index contributed by atoms with van der Waals surface area (Å²) in [5.41, 5.74) is 1.87. The molecule has 0 bridgehead atoms. The number of rotatable bonds is 4. The van der Waals surface area contributed by atoms with E-state index in [2.05, 4.69) is 15.4 Å². The van der Waals surface area contributed by atoms with Gasteiger partial charge >= 0.3 is 0 Å². The Morgan fingerprint density at radius 2 is 2.29 bits per heavy atom. The van der Waals surface area contributed by atoms with Crippen molar-refractivity contribution in [3.8, 4) is 0 Å². The Bertz CT molecular complexity index is 770. The van der Waals surface area contributed by atoms with E-state index >= 15 is 0 Å². The van der Waals surface area contributed by atoms with Gasteiger partial charge in [0.05, 0.1) is 23.0 Å². The van der Waals surface area contributed by atoms with Gasteiger partial charge in [0.15, 0.2) is 0 Å². The SMILES string of the molecule is Cn1cc(/C=C\C(=O)NCc2nc3ccccc3s2)cn1. The first-order valence-electron chi connectivity index (χ1n) is 6.50. The normalized spacial score (nSPS) is 11.3. The molecule has 5 nitrogen and oxygen atoms in total. The zero-order valence-corrected chi connectivity index (χ0v) is 12.3. The summed E-state index contributed by atoms with van der Waals surface area (Å²) in [4.78, 5) is 16.2. The van der Waals surface area contributed by atoms with Crippen molar-refractivity contribution in [1.29, 1.82) is 0 Å². The van der Waals surface area contributed by atoms with Crippen LogP contribution in [0.3, 0.4) is 0 Å². The molecule has 2 heterocycles. The fourth-order valence-corrected chi connectivity index (χ4v) is 2.82. The van der Waals surface area contributed by atoms with Crippen LogP contribution in [0.25, 0.3) is 16.3 Å². The molecule has 0 fully saturated rings. The number of amides is 1. The number of para-hydroxylation sites is 1. The van der Waals surface area contributed by atoms with Crippen molar-refractivity contribution in [2.45, 2.75) is 6.54 Å². The number of fused-ring (bicyclic) bond motifs is 1. The van der Waals surface area contributed by atoms with Crippen LogP contribution in [0.15, 0.2) is 42.7 Å². The average Bonchev–Trinajstić information content (AvgIpc) is 3.08. The minimum Gasteiger partial charge on any atom is -0.346 e. The van der Waals surface area contributed by atoms with E-state index in [1.165, 1.54) is 6.08 Å². The van der Waals surface area contributed by atoms with Crippen LogP contribution < -0.4 is 5.32 Å². The van der Waals surface area contributed by atoms with Crippen molar-refractivity contribution in [2.24, 2.45) is 7.05 Å². The summed E-state index contributed by atoms with van der Waals surface area (Å²) in [5, 5.41) is 7.77. The summed E-state index contributed by atoms with van der Waals surface area (Å²) >= 11 is 1.59. The van der Waals surface area contributed by atoms with E-state index < -0.39 is 0 Å². The molecular weight excluding hydrogens is 284 g/mol. The van der Waals surface area contributed by atoms with Crippen LogP contribution in [0.1, 0.15) is 10.6 Å². The number of hydrogen-bond acceptors (Lipinski definition) is 4. The fourth-order valence-electron chi connectivity index (χ4n) is 1.92. The van der Waals surface area contributed by atoms with E-state index in [9.17, 15) is 4.79 Å². The quantitative estimate of drug-likeness (QED) is 0.752. The maximum absolute atomic E-state index is 11.8. The number of nitrogens with zero attached hydrogens (tertiary/aromatic N) is 3. The van der Waals surface area contributed by atoms with Gasteiger partial charge in [-0.1, -0.05) is 12.1 Å². The summed E-state index contributed by atoms with van der Waals surface area (Å²) in [5.74, 6) is -0.141. The van der Waals surface area contributed by atoms with Crippen molar-refractivity contribution in [1.82, 2.24) is 20.1 Å². The molecule has 0 aliphatic rings. The van der Waals surface area contributed by atoms with E-state index in [0.717, 1.165) is 20.8 Å². The molecule has 0 saturated heterocycles. The van der Waals surface area contributed by atoms with Gasteiger partial charge in [-0.05, 0) is 18.2 Å². The first-order chi connectivity index (χ1) is 10.2. The number of aromatic nitrogens is 3. The van der Waals surface area contributed by atoms with Gasteiger partial charge in [-0.25, -0.2) is 4.98 Å². The highest BCUT2D eigenvalue weighted by Crippen LogP contribution is 2.21. The molecule has 1 N–H and O–H groups in total. The number of hydrogen-bond donors (Lipinski definition) is 1. The zero-order chi connectivity index (χ0) is 14.7. The van der Waals surface area contributed by atoms with E-state index in [1.54, 1.807) is 28.3 Å². The van der Waals surface area contributed by atoms with Crippen molar-refractivity contribution in [3.63, 3.8) is 0 Å². The van der Waals surface area contributed by atoms with E-state index in [1.807, 2.05) is 37.5 Å². The van der Waals surface area contributed by atoms with Crippen molar-refractivity contribution in [2.75, 3.05) is 0 Å². The number of benzene rings is 1. The largest absolute Gasteiger partial charge is 0.346 e. The molecule has 106 valence electrons. The molecule has 0 radical (unpaired) electrons. The van der Waals surface area contributed by atoms with Gasteiger partial charge in [-0.15, -0.1) is 11.3 Å². The summed E-state index contributed by atoms with van der Waals surface area (Å²) in [7, 11) is 1.84. The van der Waals surface area contributed by atoms with Crippen molar-refractivity contribution < 1.29 is 4.79 Å². The Balaban J connectivity index is 1.59. The minimum absolute atomic E-state index is 0.141. The first-order valence-corrected chi connectivity index (χ1v) is 7.31. The number of thiazole rings is 1. The Hall–Kier alpha value is -2.47. The molecular formula is C15H14N4OS. The van der Waals surface area contributed by atoms with Crippen LogP contribution in [0.4, 0.5) is 0 Å². The Kier molecular flexibility index (Phi) is 3.79. The highest BCUT2D eigenvalue weighted by atomic mass is 32.1. The lowest BCUT2D eigenvalue weighted by Crippen LogP contribution is -2.19. The molecule has 0 spiro atoms. The zero-order valence-electron chi connectivity index (χ0n) is 11.5. The number of aryl methyl sites for hydroxylation is 1. The maximum atomic E-state index is 11.8. The highest BCUT2D eigenvalue weighted by molar-refractivity contribution is 7.18. The van der Waals surface area contributed by atoms with Gasteiger partial charge < -0.3 is 5.32 Å². The third-order valence-electron chi connectivity index (χ3n) is 2.90. The highest BCUT2D eigenvalue weighted by Gasteiger charge is 2.04. The van der Waals surface area contributed by atoms with Crippen LogP contribution in [0, 0.1) is 0 Å². The summed E-state index contributed by atoms with van der Waals surface area (Å²) in [6, 6.07) is 7.95. The lowest BCUT2D eigenvalue weighted by molar-refractivity contribution is -0.116. The van der Waals surface area contributed by atoms with Crippen LogP contribution in [0.5, 0.6) is 0 Å². The van der Waals surface area contributed by atoms with Crippen molar-refractivity contribution in [3.05, 3.63) is 53.3 Å². The lowest BCUT2D eigenvalue weighted by Gasteiger charge is -1.97. The minimum atomic E-state index is -0.141. The molecule has 1 aromatic carbocycles. The number of carbonyl (C=O) groups excluding carboxylic acids is 1. The molecule has 6 heteroatoms. The smallest absolute Gasteiger partial charge is 0.244 e. The second-order valence-corrected chi connectivity index (χ2v) is 5.69. The van der Waals surface area contributed by atoms with Gasteiger partial charge in [-0.3, -0.25) is 9.48 Å². The summed E-state index contributed by atoms with van der Waals surface area (Å²) in [6.45, 7) is 0.440. The molecule has 21 heavy (non-hydrogen) atoms. The molecule has 0 saturated carbocycles. The van der Waals surface area contributed by atoms with E-state index in [4.69, 9.17) is 0 Å². The first kappa shape index (κ1) is 13.5. The second kappa shape index (κ2) is 5.88. The van der Waals surface area contributed by atoms with Crippen molar-refractivity contribution >= 4 is 33.5 Å². The lowest BCUT2D eigenvalue weighted by atomic mass is 10.3. The van der Waals surface area contributed by atoms with Gasteiger partial charge in [0, 0.05) is 24.9 Å². The van der Waals surface area contributed by atoms with E-state index in [0.29, 0.717) is 6.54 Å². The molecule has 2 aromatic heterocycles. The standard InChI is InChI=1S/C15H14N4OS/c1-19-10-11(8-17-19)6-7-14(20)16-9-15-18-12-4-2-3-5-13(12)21-15/h2-8,10H,9H2,1H3,(H,16,20)/b7-6-. The third-order valence-corrected chi connectivity index (χ3v) is 3.94. The Morgan fingerprint density at radius 3 is 3.05 bits per heavy atom. The Labute approximate surface area is 125 Å². The molecule has 0 unspecified atom stereocenters. The van der Waals surface area contributed by atoms with Crippen LogP contribution in [0.2, 0.25) is 0 Å². The fraction of sp³-hybridized carbons (Fsp3) is 0.133. The third kappa shape index (κ3) is 3.35. The summed E-state index contributed by atoms with van der Waals surface area (Å²) < 4.78 is 2.83. The van der Waals surface area contributed by atoms with Crippen LogP contribution >= 0.6 is 11.3 Å². The van der Waals surface area contributed by atoms with Gasteiger partial charge in [-0.2, -0.15) is 5.10 Å². The Morgan fingerprint density at radius 1 is 1.43 bits per heavy atom. The molecule has 3 rings (SSSR count). The number of carbonyl (C=O) groups is 1. The number of nitrogens with one attached hydrogen (secondary N) is 1. The maximum Gasteiger partial charge on any atom is 0.244 e. The molecule has 0 aliphatic carbocycles. The van der Waals surface area contributed by atoms with Gasteiger partial charge in [0.1, 0.15) is 5.01 Å². The second-order valence-electron chi connectivity index (χ2n) is 4.57. The van der Waals surface area contributed by atoms with Crippen LogP contribution in [-0.4, -0.2) is 20.7 Å². The predicted molar refractivity (Wildman–Crippen MR) is 83.7 cm³/mol. The van der Waals surface area contributed by atoms with Crippen LogP contribution in [-0.2, 0) is 18.4 Å². The van der Waals surface area contributed by atoms with Gasteiger partial charge in [0.25, 0.3) is 0 Å². The molecule has 0 atom stereocenters. The predicted octanol–water partition coefficient (Wildman–Crippen LogP) is 2.36. The summed E-state index contributed by atoms with van der Waals surface area (Å²) in [6.07, 6.45) is 6.79. The monoisotopic (exact) mass is 298 g/mol. The molecule has 0 aliphatic heterocycles. The van der Waals surface area contributed by atoms with E-state index in [-0.39, 0.29) is 5.91 Å². The molecule has 1 amide bonds. The molecule has 3 aromatic rings. The van der Waals surface area contributed by atoms with Gasteiger partial charge in [0.2, 0.25) is 5.91 Å². The topological polar surface area (TPSA) is 59.8 Å².